The van der Waals surface area contributed by atoms with Crippen LogP contribution in [0, 0.1) is 6.92 Å². The lowest BCUT2D eigenvalue weighted by Crippen LogP contribution is -2.25. The molecule has 0 amide bonds. The topological polar surface area (TPSA) is 107 Å². The van der Waals surface area contributed by atoms with E-state index in [1.54, 1.807) is 0 Å². The molecule has 0 atom stereocenters. The minimum Gasteiger partial charge on any atom is -0.475 e. The number of pyridine rings is 1. The van der Waals surface area contributed by atoms with Gasteiger partial charge in [0.2, 0.25) is 0 Å². The second-order valence-corrected chi connectivity index (χ2v) is 8.15. The number of H-pyrrole nitrogens is 2. The van der Waals surface area contributed by atoms with Gasteiger partial charge in [0.1, 0.15) is 5.82 Å². The molecular formula is C23H24F3N5O2. The molecule has 5 rings (SSSR count). The molecule has 0 radical (unpaired) electrons. The molecule has 4 aromatic rings. The van der Waals surface area contributed by atoms with E-state index in [0.29, 0.717) is 6.04 Å². The highest BCUT2D eigenvalue weighted by molar-refractivity contribution is 5.94. The standard InChI is InChI=1S/C21H23N5.C2HF3O2/c1-13-24-20-17(8-9-22-21(20)25-13)19-11-15-10-14(6-7-18(15)26-19)12-23-16-4-2-3-5-16;3-2(4,5)1(6)7/h6-11,16,23,26H,2-5,12H2,1H3,(H,22,24,25);(H,6,7). The number of carboxylic acids is 1. The number of fused-ring (bicyclic) bond motifs is 2. The Morgan fingerprint density at radius 2 is 1.91 bits per heavy atom. The molecular weight excluding hydrogens is 435 g/mol. The quantitative estimate of drug-likeness (QED) is 0.341. The zero-order valence-corrected chi connectivity index (χ0v) is 18.0. The predicted molar refractivity (Wildman–Crippen MR) is 119 cm³/mol. The second kappa shape index (κ2) is 9.22. The summed E-state index contributed by atoms with van der Waals surface area (Å²) in [4.78, 5) is 24.6. The molecule has 1 aliphatic rings. The summed E-state index contributed by atoms with van der Waals surface area (Å²) in [6, 6.07) is 11.6. The number of aromatic amines is 2. The minimum absolute atomic E-state index is 0.696. The summed E-state index contributed by atoms with van der Waals surface area (Å²) < 4.78 is 31.7. The third-order valence-electron chi connectivity index (χ3n) is 5.68. The average Bonchev–Trinajstić information content (AvgIpc) is 3.49. The Morgan fingerprint density at radius 1 is 1.18 bits per heavy atom. The number of carbonyl (C=O) groups is 1. The largest absolute Gasteiger partial charge is 0.490 e. The summed E-state index contributed by atoms with van der Waals surface area (Å²) >= 11 is 0. The Kier molecular flexibility index (Phi) is 6.37. The molecule has 174 valence electrons. The number of aryl methyl sites for hydroxylation is 1. The van der Waals surface area contributed by atoms with Crippen LogP contribution in [0.25, 0.3) is 33.3 Å². The van der Waals surface area contributed by atoms with Crippen molar-refractivity contribution < 1.29 is 23.1 Å². The Balaban J connectivity index is 0.000000325. The summed E-state index contributed by atoms with van der Waals surface area (Å²) in [5.74, 6) is -1.87. The van der Waals surface area contributed by atoms with Crippen molar-refractivity contribution in [3.05, 3.63) is 47.9 Å². The fraction of sp³-hybridized carbons (Fsp3) is 0.348. The van der Waals surface area contributed by atoms with E-state index in [2.05, 4.69) is 49.5 Å². The van der Waals surface area contributed by atoms with Gasteiger partial charge in [0.15, 0.2) is 5.65 Å². The number of imidazole rings is 1. The van der Waals surface area contributed by atoms with E-state index in [1.165, 1.54) is 36.6 Å². The lowest BCUT2D eigenvalue weighted by Gasteiger charge is -2.11. The van der Waals surface area contributed by atoms with Crippen molar-refractivity contribution in [3.8, 4) is 11.3 Å². The molecule has 1 aliphatic carbocycles. The van der Waals surface area contributed by atoms with Crippen molar-refractivity contribution in [3.63, 3.8) is 0 Å². The van der Waals surface area contributed by atoms with Gasteiger partial charge in [0, 0.05) is 40.9 Å². The maximum absolute atomic E-state index is 10.6. The fourth-order valence-electron chi connectivity index (χ4n) is 4.08. The van der Waals surface area contributed by atoms with E-state index < -0.39 is 12.1 Å². The van der Waals surface area contributed by atoms with E-state index in [4.69, 9.17) is 9.90 Å². The minimum atomic E-state index is -5.08. The highest BCUT2D eigenvalue weighted by atomic mass is 19.4. The number of halogens is 3. The molecule has 7 nitrogen and oxygen atoms in total. The monoisotopic (exact) mass is 459 g/mol. The number of aliphatic carboxylic acids is 1. The summed E-state index contributed by atoms with van der Waals surface area (Å²) in [5.41, 5.74) is 6.45. The first-order valence-corrected chi connectivity index (χ1v) is 10.7. The first-order valence-electron chi connectivity index (χ1n) is 10.7. The van der Waals surface area contributed by atoms with E-state index >= 15 is 0 Å². The van der Waals surface area contributed by atoms with Crippen molar-refractivity contribution in [1.29, 1.82) is 0 Å². The van der Waals surface area contributed by atoms with Crippen molar-refractivity contribution in [1.82, 2.24) is 25.3 Å². The van der Waals surface area contributed by atoms with Crippen LogP contribution >= 0.6 is 0 Å². The predicted octanol–water partition coefficient (Wildman–Crippen LogP) is 5.08. The lowest BCUT2D eigenvalue weighted by atomic mass is 10.1. The van der Waals surface area contributed by atoms with Gasteiger partial charge in [-0.05, 0) is 49.6 Å². The van der Waals surface area contributed by atoms with Crippen LogP contribution in [-0.4, -0.2) is 43.2 Å². The number of nitrogens with one attached hydrogen (secondary N) is 3. The Hall–Kier alpha value is -3.40. The van der Waals surface area contributed by atoms with Crippen molar-refractivity contribution in [2.45, 2.75) is 51.4 Å². The van der Waals surface area contributed by atoms with E-state index in [0.717, 1.165) is 40.3 Å². The van der Waals surface area contributed by atoms with Crippen LogP contribution in [0.15, 0.2) is 36.5 Å². The molecule has 0 bridgehead atoms. The number of aromatic nitrogens is 4. The van der Waals surface area contributed by atoms with E-state index in [-0.39, 0.29) is 0 Å². The normalized spacial score (nSPS) is 14.5. The molecule has 33 heavy (non-hydrogen) atoms. The van der Waals surface area contributed by atoms with Gasteiger partial charge in [-0.25, -0.2) is 14.8 Å². The maximum Gasteiger partial charge on any atom is 0.490 e. The Bertz CT molecular complexity index is 1270. The van der Waals surface area contributed by atoms with Gasteiger partial charge >= 0.3 is 12.1 Å². The number of rotatable bonds is 4. The molecule has 3 heterocycles. The van der Waals surface area contributed by atoms with Crippen LogP contribution in [-0.2, 0) is 11.3 Å². The molecule has 0 aliphatic heterocycles. The number of nitrogens with zero attached hydrogens (tertiary/aromatic N) is 2. The summed E-state index contributed by atoms with van der Waals surface area (Å²) in [7, 11) is 0. The van der Waals surface area contributed by atoms with Crippen LogP contribution in [0.3, 0.4) is 0 Å². The van der Waals surface area contributed by atoms with Crippen LogP contribution < -0.4 is 5.32 Å². The van der Waals surface area contributed by atoms with Crippen LogP contribution in [0.5, 0.6) is 0 Å². The lowest BCUT2D eigenvalue weighted by molar-refractivity contribution is -0.192. The number of hydrogen-bond donors (Lipinski definition) is 4. The Morgan fingerprint density at radius 3 is 2.61 bits per heavy atom. The van der Waals surface area contributed by atoms with Crippen LogP contribution in [0.2, 0.25) is 0 Å². The van der Waals surface area contributed by atoms with Gasteiger partial charge < -0.3 is 20.4 Å². The zero-order chi connectivity index (χ0) is 23.6. The molecule has 3 aromatic heterocycles. The van der Waals surface area contributed by atoms with Crippen molar-refractivity contribution in [2.24, 2.45) is 0 Å². The van der Waals surface area contributed by atoms with Crippen LogP contribution in [0.4, 0.5) is 13.2 Å². The summed E-state index contributed by atoms with van der Waals surface area (Å²) in [6.07, 6.45) is 2.10. The average molecular weight is 459 g/mol. The van der Waals surface area contributed by atoms with Crippen molar-refractivity contribution >= 4 is 28.0 Å². The number of alkyl halides is 3. The zero-order valence-electron chi connectivity index (χ0n) is 18.0. The molecule has 1 fully saturated rings. The number of carboxylic acid groups (broad SMARTS) is 1. The molecule has 0 unspecified atom stereocenters. The fourth-order valence-corrected chi connectivity index (χ4v) is 4.08. The third kappa shape index (κ3) is 5.33. The first kappa shape index (κ1) is 22.8. The summed E-state index contributed by atoms with van der Waals surface area (Å²) in [6.45, 7) is 2.90. The number of benzene rings is 1. The van der Waals surface area contributed by atoms with Crippen molar-refractivity contribution in [2.75, 3.05) is 0 Å². The van der Waals surface area contributed by atoms with E-state index in [1.807, 2.05) is 19.2 Å². The van der Waals surface area contributed by atoms with Gasteiger partial charge in [0.25, 0.3) is 0 Å². The van der Waals surface area contributed by atoms with Gasteiger partial charge in [-0.1, -0.05) is 18.9 Å². The Labute approximate surface area is 187 Å². The van der Waals surface area contributed by atoms with Crippen LogP contribution in [0.1, 0.15) is 37.1 Å². The van der Waals surface area contributed by atoms with Gasteiger partial charge in [-0.15, -0.1) is 0 Å². The van der Waals surface area contributed by atoms with Gasteiger partial charge in [-0.2, -0.15) is 13.2 Å². The van der Waals surface area contributed by atoms with Gasteiger partial charge in [0.05, 0.1) is 5.52 Å². The molecule has 10 heteroatoms. The molecule has 1 aromatic carbocycles. The number of hydrogen-bond acceptors (Lipinski definition) is 4. The molecule has 0 spiro atoms. The molecule has 4 N–H and O–H groups in total. The highest BCUT2D eigenvalue weighted by Gasteiger charge is 2.38. The SMILES string of the molecule is Cc1nc2nccc(-c3cc4cc(CNC5CCCC5)ccc4[nH]3)c2[nH]1.O=C(O)C(F)(F)F. The smallest absolute Gasteiger partial charge is 0.475 e. The molecule has 1 saturated carbocycles. The maximum atomic E-state index is 10.6. The molecule has 0 saturated heterocycles. The first-order chi connectivity index (χ1) is 15.7. The second-order valence-electron chi connectivity index (χ2n) is 8.15. The van der Waals surface area contributed by atoms with E-state index in [9.17, 15) is 13.2 Å². The highest BCUT2D eigenvalue weighted by Crippen LogP contribution is 2.29. The third-order valence-corrected chi connectivity index (χ3v) is 5.68. The summed E-state index contributed by atoms with van der Waals surface area (Å²) in [5, 5.41) is 12.1. The van der Waals surface area contributed by atoms with Gasteiger partial charge in [-0.3, -0.25) is 0 Å².